The molecule has 0 radical (unpaired) electrons. The molecule has 3 aromatic rings. The zero-order valence-corrected chi connectivity index (χ0v) is 16.9. The van der Waals surface area contributed by atoms with Gasteiger partial charge in [0.05, 0.1) is 23.9 Å². The Hall–Kier alpha value is -3.23. The second kappa shape index (κ2) is 8.85. The Labute approximate surface area is 170 Å². The number of rotatable bonds is 7. The first-order valence-corrected chi connectivity index (χ1v) is 10.2. The molecule has 0 saturated carbocycles. The van der Waals surface area contributed by atoms with Gasteiger partial charge in [-0.15, -0.1) is 0 Å². The number of aromatic nitrogens is 1. The van der Waals surface area contributed by atoms with Crippen LogP contribution >= 0.6 is 0 Å². The third-order valence-corrected chi connectivity index (χ3v) is 6.13. The first-order valence-electron chi connectivity index (χ1n) is 8.81. The number of hydrogen-bond acceptors (Lipinski definition) is 5. The van der Waals surface area contributed by atoms with Crippen LogP contribution in [-0.4, -0.2) is 37.8 Å². The van der Waals surface area contributed by atoms with Gasteiger partial charge in [-0.3, -0.25) is 9.78 Å². The minimum absolute atomic E-state index is 0.179. The Morgan fingerprint density at radius 1 is 1.07 bits per heavy atom. The van der Waals surface area contributed by atoms with Crippen LogP contribution in [0.2, 0.25) is 0 Å². The van der Waals surface area contributed by atoms with Crippen molar-refractivity contribution in [2.45, 2.75) is 11.4 Å². The van der Waals surface area contributed by atoms with Crippen LogP contribution in [0.4, 0.5) is 5.69 Å². The van der Waals surface area contributed by atoms with Gasteiger partial charge in [0.25, 0.3) is 5.91 Å². The molecule has 0 aliphatic rings. The summed E-state index contributed by atoms with van der Waals surface area (Å²) in [6.07, 6.45) is 3.19. The molecule has 0 aliphatic carbocycles. The molecule has 7 nitrogen and oxygen atoms in total. The Bertz CT molecular complexity index is 1070. The molecule has 0 atom stereocenters. The second-order valence-corrected chi connectivity index (χ2v) is 8.37. The van der Waals surface area contributed by atoms with Crippen molar-refractivity contribution in [1.29, 1.82) is 0 Å². The van der Waals surface area contributed by atoms with Gasteiger partial charge in [0.2, 0.25) is 10.0 Å². The number of nitrogens with zero attached hydrogens (tertiary/aromatic N) is 2. The fourth-order valence-corrected chi connectivity index (χ4v) is 3.83. The highest BCUT2D eigenvalue weighted by Gasteiger charge is 2.21. The normalized spacial score (nSPS) is 11.3. The van der Waals surface area contributed by atoms with Gasteiger partial charge in [-0.05, 0) is 54.1 Å². The predicted octanol–water partition coefficient (Wildman–Crippen LogP) is 3.16. The Morgan fingerprint density at radius 3 is 2.34 bits per heavy atom. The summed E-state index contributed by atoms with van der Waals surface area (Å²) in [7, 11) is -0.597. The second-order valence-electron chi connectivity index (χ2n) is 6.33. The average Bonchev–Trinajstić information content (AvgIpc) is 2.75. The van der Waals surface area contributed by atoms with Crippen LogP contribution in [0, 0.1) is 0 Å². The molecule has 1 aromatic heterocycles. The number of carbonyl (C=O) groups is 1. The fraction of sp³-hybridized carbons (Fsp3) is 0.143. The summed E-state index contributed by atoms with van der Waals surface area (Å²) in [6.45, 7) is 0.179. The summed E-state index contributed by atoms with van der Waals surface area (Å²) >= 11 is 0. The molecule has 0 bridgehead atoms. The highest BCUT2D eigenvalue weighted by atomic mass is 32.2. The van der Waals surface area contributed by atoms with Crippen molar-refractivity contribution < 1.29 is 17.9 Å². The van der Waals surface area contributed by atoms with Crippen molar-refractivity contribution in [3.63, 3.8) is 0 Å². The number of ether oxygens (including phenoxy) is 1. The third kappa shape index (κ3) is 4.98. The largest absolute Gasteiger partial charge is 0.497 e. The predicted molar refractivity (Wildman–Crippen MR) is 110 cm³/mol. The monoisotopic (exact) mass is 411 g/mol. The number of benzene rings is 2. The van der Waals surface area contributed by atoms with E-state index in [-0.39, 0.29) is 17.3 Å². The quantitative estimate of drug-likeness (QED) is 0.645. The summed E-state index contributed by atoms with van der Waals surface area (Å²) < 4.78 is 31.8. The van der Waals surface area contributed by atoms with E-state index >= 15 is 0 Å². The molecule has 0 saturated heterocycles. The van der Waals surface area contributed by atoms with Crippen LogP contribution in [0.1, 0.15) is 15.9 Å². The molecule has 0 spiro atoms. The topological polar surface area (TPSA) is 88.6 Å². The summed E-state index contributed by atoms with van der Waals surface area (Å²) in [5.74, 6) is 0.329. The van der Waals surface area contributed by atoms with Gasteiger partial charge in [0, 0.05) is 25.4 Å². The van der Waals surface area contributed by atoms with Crippen LogP contribution in [0.5, 0.6) is 5.75 Å². The number of anilines is 1. The number of methoxy groups -OCH3 is 1. The number of sulfonamides is 1. The van der Waals surface area contributed by atoms with Gasteiger partial charge in [-0.25, -0.2) is 8.42 Å². The SMILES string of the molecule is COc1ccc(S(=O)(=O)N(C)Cc2ccc(C(=O)Nc3cccnc3)cc2)cc1. The Balaban J connectivity index is 1.67. The highest BCUT2D eigenvalue weighted by molar-refractivity contribution is 7.89. The molecule has 29 heavy (non-hydrogen) atoms. The zero-order chi connectivity index (χ0) is 20.9. The minimum Gasteiger partial charge on any atom is -0.497 e. The van der Waals surface area contributed by atoms with Crippen molar-refractivity contribution in [2.75, 3.05) is 19.5 Å². The molecule has 0 unspecified atom stereocenters. The number of carbonyl (C=O) groups excluding carboxylic acids is 1. The van der Waals surface area contributed by atoms with Gasteiger partial charge in [0.1, 0.15) is 5.75 Å². The first kappa shape index (κ1) is 20.5. The maximum atomic E-state index is 12.7. The van der Waals surface area contributed by atoms with Gasteiger partial charge in [-0.2, -0.15) is 4.31 Å². The van der Waals surface area contributed by atoms with E-state index in [1.54, 1.807) is 60.9 Å². The summed E-state index contributed by atoms with van der Waals surface area (Å²) in [6, 6.07) is 16.5. The van der Waals surface area contributed by atoms with Gasteiger partial charge < -0.3 is 10.1 Å². The number of amides is 1. The molecule has 1 N–H and O–H groups in total. The molecule has 0 aliphatic heterocycles. The molecule has 1 heterocycles. The lowest BCUT2D eigenvalue weighted by atomic mass is 10.1. The van der Waals surface area contributed by atoms with Crippen molar-refractivity contribution in [3.05, 3.63) is 84.2 Å². The van der Waals surface area contributed by atoms with E-state index in [9.17, 15) is 13.2 Å². The van der Waals surface area contributed by atoms with Crippen LogP contribution in [-0.2, 0) is 16.6 Å². The number of nitrogens with one attached hydrogen (secondary N) is 1. The smallest absolute Gasteiger partial charge is 0.255 e. The highest BCUT2D eigenvalue weighted by Crippen LogP contribution is 2.20. The van der Waals surface area contributed by atoms with E-state index in [1.807, 2.05) is 0 Å². The van der Waals surface area contributed by atoms with Crippen molar-refractivity contribution in [1.82, 2.24) is 9.29 Å². The van der Waals surface area contributed by atoms with Crippen LogP contribution < -0.4 is 10.1 Å². The molecule has 3 rings (SSSR count). The van der Waals surface area contributed by atoms with Gasteiger partial charge in [0.15, 0.2) is 0 Å². The van der Waals surface area contributed by atoms with Gasteiger partial charge in [-0.1, -0.05) is 12.1 Å². The molecule has 1 amide bonds. The van der Waals surface area contributed by atoms with Crippen molar-refractivity contribution in [3.8, 4) is 5.75 Å². The van der Waals surface area contributed by atoms with Gasteiger partial charge >= 0.3 is 0 Å². The maximum absolute atomic E-state index is 12.7. The lowest BCUT2D eigenvalue weighted by Crippen LogP contribution is -2.26. The summed E-state index contributed by atoms with van der Waals surface area (Å²) in [5.41, 5.74) is 1.84. The van der Waals surface area contributed by atoms with E-state index in [1.165, 1.54) is 30.6 Å². The average molecular weight is 411 g/mol. The van der Waals surface area contributed by atoms with E-state index in [2.05, 4.69) is 10.3 Å². The minimum atomic E-state index is -3.64. The molecule has 0 fully saturated rings. The first-order chi connectivity index (χ1) is 13.9. The number of hydrogen-bond donors (Lipinski definition) is 1. The summed E-state index contributed by atoms with van der Waals surface area (Å²) in [5, 5.41) is 2.76. The van der Waals surface area contributed by atoms with Crippen LogP contribution in [0.25, 0.3) is 0 Å². The Morgan fingerprint density at radius 2 is 1.76 bits per heavy atom. The molecule has 150 valence electrons. The maximum Gasteiger partial charge on any atom is 0.255 e. The summed E-state index contributed by atoms with van der Waals surface area (Å²) in [4.78, 5) is 16.4. The fourth-order valence-electron chi connectivity index (χ4n) is 2.67. The van der Waals surface area contributed by atoms with Crippen molar-refractivity contribution >= 4 is 21.6 Å². The van der Waals surface area contributed by atoms with E-state index in [0.717, 1.165) is 5.56 Å². The van der Waals surface area contributed by atoms with Crippen molar-refractivity contribution in [2.24, 2.45) is 0 Å². The molecular weight excluding hydrogens is 390 g/mol. The lowest BCUT2D eigenvalue weighted by molar-refractivity contribution is 0.102. The van der Waals surface area contributed by atoms with E-state index < -0.39 is 10.0 Å². The number of pyridine rings is 1. The van der Waals surface area contributed by atoms with E-state index in [4.69, 9.17) is 4.74 Å². The molecular formula is C21H21N3O4S. The molecule has 8 heteroatoms. The lowest BCUT2D eigenvalue weighted by Gasteiger charge is -2.17. The standard InChI is InChI=1S/C21H21N3O4S/c1-24(29(26,27)20-11-9-19(28-2)10-12-20)15-16-5-7-17(8-6-16)21(25)23-18-4-3-13-22-14-18/h3-14H,15H2,1-2H3,(H,23,25). The van der Waals surface area contributed by atoms with Crippen LogP contribution in [0.15, 0.2) is 78.0 Å². The third-order valence-electron chi connectivity index (χ3n) is 4.31. The van der Waals surface area contributed by atoms with Crippen LogP contribution in [0.3, 0.4) is 0 Å². The van der Waals surface area contributed by atoms with E-state index in [0.29, 0.717) is 17.0 Å². The molecule has 2 aromatic carbocycles. The zero-order valence-electron chi connectivity index (χ0n) is 16.1. The Kier molecular flexibility index (Phi) is 6.26.